The van der Waals surface area contributed by atoms with E-state index in [9.17, 15) is 16.8 Å². The van der Waals surface area contributed by atoms with Crippen molar-refractivity contribution in [2.24, 2.45) is 0 Å². The molecule has 8 nitrogen and oxygen atoms in total. The number of anilines is 3. The zero-order chi connectivity index (χ0) is 23.5. The van der Waals surface area contributed by atoms with Crippen LogP contribution < -0.4 is 19.7 Å². The van der Waals surface area contributed by atoms with Gasteiger partial charge in [-0.15, -0.1) is 12.4 Å². The topological polar surface area (TPSA) is 108 Å². The van der Waals surface area contributed by atoms with Crippen LogP contribution in [-0.4, -0.2) is 43.0 Å². The Morgan fingerprint density at radius 2 is 1.29 bits per heavy atom. The molecule has 1 fully saturated rings. The van der Waals surface area contributed by atoms with Crippen LogP contribution in [-0.2, 0) is 20.0 Å². The number of nitrogens with one attached hydrogen (secondary N) is 3. The summed E-state index contributed by atoms with van der Waals surface area (Å²) >= 11 is 0. The van der Waals surface area contributed by atoms with Gasteiger partial charge in [-0.1, -0.05) is 35.9 Å². The minimum Gasteiger partial charge on any atom is -0.369 e. The molecule has 0 aliphatic carbocycles. The molecule has 34 heavy (non-hydrogen) atoms. The summed E-state index contributed by atoms with van der Waals surface area (Å²) < 4.78 is 57.1. The maximum atomic E-state index is 13.0. The first-order chi connectivity index (χ1) is 15.7. The molecule has 1 aliphatic rings. The van der Waals surface area contributed by atoms with E-state index in [1.165, 1.54) is 24.3 Å². The van der Waals surface area contributed by atoms with E-state index in [-0.39, 0.29) is 33.6 Å². The number of sulfonamides is 2. The third-order valence-electron chi connectivity index (χ3n) is 5.36. The zero-order valence-electron chi connectivity index (χ0n) is 18.6. The van der Waals surface area contributed by atoms with Crippen molar-refractivity contribution in [2.45, 2.75) is 16.7 Å². The van der Waals surface area contributed by atoms with Crippen molar-refractivity contribution in [3.05, 3.63) is 78.4 Å². The molecule has 4 rings (SSSR count). The lowest BCUT2D eigenvalue weighted by Crippen LogP contribution is -2.43. The van der Waals surface area contributed by atoms with Gasteiger partial charge in [0.15, 0.2) is 0 Å². The molecule has 0 unspecified atom stereocenters. The van der Waals surface area contributed by atoms with Gasteiger partial charge in [0.2, 0.25) is 0 Å². The van der Waals surface area contributed by atoms with Gasteiger partial charge in [-0.05, 0) is 49.4 Å². The molecule has 0 amide bonds. The van der Waals surface area contributed by atoms with Gasteiger partial charge >= 0.3 is 0 Å². The van der Waals surface area contributed by atoms with E-state index in [2.05, 4.69) is 19.7 Å². The maximum Gasteiger partial charge on any atom is 0.261 e. The van der Waals surface area contributed by atoms with Crippen LogP contribution in [0.2, 0.25) is 0 Å². The van der Waals surface area contributed by atoms with Crippen molar-refractivity contribution >= 4 is 49.5 Å². The van der Waals surface area contributed by atoms with E-state index in [0.717, 1.165) is 37.4 Å². The Kier molecular flexibility index (Phi) is 8.09. The molecule has 0 aromatic heterocycles. The second kappa shape index (κ2) is 10.6. The molecule has 182 valence electrons. The van der Waals surface area contributed by atoms with Gasteiger partial charge in [-0.2, -0.15) is 0 Å². The first kappa shape index (κ1) is 25.8. The van der Waals surface area contributed by atoms with Gasteiger partial charge in [0, 0.05) is 31.9 Å². The van der Waals surface area contributed by atoms with Crippen molar-refractivity contribution in [3.63, 3.8) is 0 Å². The third-order valence-corrected chi connectivity index (χ3v) is 8.12. The Balaban J connectivity index is 0.00000324. The Bertz CT molecular complexity index is 1330. The Hall–Kier alpha value is -2.79. The van der Waals surface area contributed by atoms with Crippen LogP contribution in [0.15, 0.2) is 82.6 Å². The fraction of sp³-hybridized carbons (Fsp3) is 0.217. The van der Waals surface area contributed by atoms with Crippen LogP contribution in [0.25, 0.3) is 0 Å². The Morgan fingerprint density at radius 3 is 1.91 bits per heavy atom. The molecule has 3 N–H and O–H groups in total. The molecule has 0 atom stereocenters. The Labute approximate surface area is 206 Å². The number of rotatable bonds is 7. The number of halogens is 1. The molecule has 0 radical (unpaired) electrons. The fourth-order valence-electron chi connectivity index (χ4n) is 3.55. The molecule has 0 bridgehead atoms. The molecule has 1 aliphatic heterocycles. The molecular formula is C23H27ClN4O4S2. The van der Waals surface area contributed by atoms with Gasteiger partial charge in [0.1, 0.15) is 0 Å². The van der Waals surface area contributed by atoms with Crippen molar-refractivity contribution in [3.8, 4) is 0 Å². The average Bonchev–Trinajstić information content (AvgIpc) is 2.81. The quantitative estimate of drug-likeness (QED) is 0.439. The number of nitrogens with zero attached hydrogens (tertiary/aromatic N) is 1. The van der Waals surface area contributed by atoms with Crippen LogP contribution in [0.5, 0.6) is 0 Å². The van der Waals surface area contributed by atoms with Crippen LogP contribution in [0.3, 0.4) is 0 Å². The molecular weight excluding hydrogens is 496 g/mol. The van der Waals surface area contributed by atoms with Crippen LogP contribution in [0, 0.1) is 6.92 Å². The predicted molar refractivity (Wildman–Crippen MR) is 138 cm³/mol. The summed E-state index contributed by atoms with van der Waals surface area (Å²) in [6, 6.07) is 19.5. The molecule has 3 aromatic carbocycles. The SMILES string of the molecule is Cc1ccc(S(=O)(=O)Nc2ccc(N3CCNCC3)cc2NS(=O)(=O)c2ccccc2)cc1.Cl. The van der Waals surface area contributed by atoms with E-state index < -0.39 is 20.0 Å². The molecule has 1 saturated heterocycles. The normalized spacial score (nSPS) is 14.2. The predicted octanol–water partition coefficient (Wildman–Crippen LogP) is 3.43. The zero-order valence-corrected chi connectivity index (χ0v) is 21.0. The van der Waals surface area contributed by atoms with Crippen molar-refractivity contribution in [2.75, 3.05) is 40.5 Å². The second-order valence-electron chi connectivity index (χ2n) is 7.80. The largest absolute Gasteiger partial charge is 0.369 e. The highest BCUT2D eigenvalue weighted by molar-refractivity contribution is 7.93. The van der Waals surface area contributed by atoms with Crippen LogP contribution >= 0.6 is 12.4 Å². The second-order valence-corrected chi connectivity index (χ2v) is 11.2. The van der Waals surface area contributed by atoms with Gasteiger partial charge in [-0.3, -0.25) is 9.44 Å². The number of benzene rings is 3. The van der Waals surface area contributed by atoms with Gasteiger partial charge in [0.05, 0.1) is 21.2 Å². The first-order valence-corrected chi connectivity index (χ1v) is 13.5. The van der Waals surface area contributed by atoms with Crippen molar-refractivity contribution in [1.29, 1.82) is 0 Å². The highest BCUT2D eigenvalue weighted by atomic mass is 35.5. The summed E-state index contributed by atoms with van der Waals surface area (Å²) in [7, 11) is -7.84. The van der Waals surface area contributed by atoms with Crippen LogP contribution in [0.1, 0.15) is 5.56 Å². The van der Waals surface area contributed by atoms with Crippen molar-refractivity contribution in [1.82, 2.24) is 5.32 Å². The summed E-state index contributed by atoms with van der Waals surface area (Å²) in [4.78, 5) is 2.30. The summed E-state index contributed by atoms with van der Waals surface area (Å²) in [5.74, 6) is 0. The molecule has 11 heteroatoms. The lowest BCUT2D eigenvalue weighted by Gasteiger charge is -2.30. The molecule has 0 spiro atoms. The standard InChI is InChI=1S/C23H26N4O4S2.ClH/c1-18-7-10-21(11-8-18)33(30,31)25-22-12-9-19(27-15-13-24-14-16-27)17-23(22)26-32(28,29)20-5-3-2-4-6-20;/h2-12,17,24-26H,13-16H2,1H3;1H. The lowest BCUT2D eigenvalue weighted by molar-refractivity contribution is 0.589. The fourth-order valence-corrected chi connectivity index (χ4v) is 5.72. The number of piperazine rings is 1. The Morgan fingerprint density at radius 1 is 0.735 bits per heavy atom. The number of hydrogen-bond acceptors (Lipinski definition) is 6. The minimum absolute atomic E-state index is 0. The molecule has 1 heterocycles. The van der Waals surface area contributed by atoms with E-state index in [1.807, 2.05) is 6.92 Å². The van der Waals surface area contributed by atoms with Crippen molar-refractivity contribution < 1.29 is 16.8 Å². The van der Waals surface area contributed by atoms with Gasteiger partial charge in [0.25, 0.3) is 20.0 Å². The highest BCUT2D eigenvalue weighted by Gasteiger charge is 2.21. The average molecular weight is 523 g/mol. The minimum atomic E-state index is -3.92. The smallest absolute Gasteiger partial charge is 0.261 e. The molecule has 0 saturated carbocycles. The maximum absolute atomic E-state index is 13.0. The third kappa shape index (κ3) is 6.01. The number of hydrogen-bond donors (Lipinski definition) is 3. The highest BCUT2D eigenvalue weighted by Crippen LogP contribution is 2.32. The monoisotopic (exact) mass is 522 g/mol. The van der Waals surface area contributed by atoms with Gasteiger partial charge < -0.3 is 10.2 Å². The van der Waals surface area contributed by atoms with E-state index in [4.69, 9.17) is 0 Å². The van der Waals surface area contributed by atoms with Gasteiger partial charge in [-0.25, -0.2) is 16.8 Å². The number of aryl methyl sites for hydroxylation is 1. The van der Waals surface area contributed by atoms with E-state index in [1.54, 1.807) is 48.5 Å². The summed E-state index contributed by atoms with van der Waals surface area (Å²) in [6.45, 7) is 5.02. The first-order valence-electron chi connectivity index (χ1n) is 10.5. The summed E-state index contributed by atoms with van der Waals surface area (Å²) in [6.07, 6.45) is 0. The summed E-state index contributed by atoms with van der Waals surface area (Å²) in [5.41, 5.74) is 2.05. The molecule has 3 aromatic rings. The van der Waals surface area contributed by atoms with E-state index >= 15 is 0 Å². The summed E-state index contributed by atoms with van der Waals surface area (Å²) in [5, 5.41) is 3.28. The van der Waals surface area contributed by atoms with E-state index in [0.29, 0.717) is 0 Å². The van der Waals surface area contributed by atoms with Crippen LogP contribution in [0.4, 0.5) is 17.1 Å². The lowest BCUT2D eigenvalue weighted by atomic mass is 10.2.